The molecule has 1 aliphatic rings. The lowest BCUT2D eigenvalue weighted by Crippen LogP contribution is -2.31. The van der Waals surface area contributed by atoms with E-state index in [0.717, 1.165) is 44.0 Å². The van der Waals surface area contributed by atoms with Crippen LogP contribution in [-0.2, 0) is 6.42 Å². The van der Waals surface area contributed by atoms with Gasteiger partial charge in [0, 0.05) is 24.5 Å². The molecule has 1 aliphatic heterocycles. The molecule has 3 rings (SSSR count). The highest BCUT2D eigenvalue weighted by Gasteiger charge is 2.16. The van der Waals surface area contributed by atoms with Gasteiger partial charge in [-0.15, -0.1) is 0 Å². The lowest BCUT2D eigenvalue weighted by atomic mass is 10.0. The minimum atomic E-state index is 0.755. The molecule has 3 heteroatoms. The van der Waals surface area contributed by atoms with Gasteiger partial charge in [-0.1, -0.05) is 18.2 Å². The second kappa shape index (κ2) is 6.53. The molecule has 0 atom stereocenters. The molecule has 0 saturated heterocycles. The number of nitrogens with two attached hydrogens (primary N) is 1. The van der Waals surface area contributed by atoms with Gasteiger partial charge in [-0.05, 0) is 55.2 Å². The molecule has 1 heterocycles. The molecule has 21 heavy (non-hydrogen) atoms. The molecule has 0 spiro atoms. The third kappa shape index (κ3) is 3.48. The maximum absolute atomic E-state index is 5.87. The van der Waals surface area contributed by atoms with Gasteiger partial charge in [0.2, 0.25) is 0 Å². The Morgan fingerprint density at radius 1 is 1.10 bits per heavy atom. The van der Waals surface area contributed by atoms with Crippen LogP contribution in [0.1, 0.15) is 18.4 Å². The summed E-state index contributed by atoms with van der Waals surface area (Å²) in [6.07, 6.45) is 3.37. The van der Waals surface area contributed by atoms with Crippen LogP contribution >= 0.6 is 0 Å². The molecular weight excluding hydrogens is 260 g/mol. The number of nitrogens with zero attached hydrogens (tertiary/aromatic N) is 1. The first kappa shape index (κ1) is 13.8. The number of nitrogen functional groups attached to an aromatic ring is 1. The van der Waals surface area contributed by atoms with Gasteiger partial charge in [0.1, 0.15) is 5.75 Å². The highest BCUT2D eigenvalue weighted by Crippen LogP contribution is 2.28. The molecule has 110 valence electrons. The number of ether oxygens (including phenoxy) is 1. The zero-order chi connectivity index (χ0) is 14.5. The fraction of sp³-hybridized carbons (Fsp3) is 0.333. The molecule has 0 amide bonds. The van der Waals surface area contributed by atoms with E-state index in [2.05, 4.69) is 17.0 Å². The third-order valence-corrected chi connectivity index (χ3v) is 3.90. The van der Waals surface area contributed by atoms with Gasteiger partial charge in [0.25, 0.3) is 0 Å². The van der Waals surface area contributed by atoms with E-state index in [-0.39, 0.29) is 0 Å². The first-order chi connectivity index (χ1) is 10.3. The first-order valence-electron chi connectivity index (χ1n) is 7.64. The van der Waals surface area contributed by atoms with Crippen LogP contribution in [0.3, 0.4) is 0 Å². The Hall–Kier alpha value is -2.16. The molecule has 0 aromatic heterocycles. The number of hydrogen-bond acceptors (Lipinski definition) is 3. The Balaban J connectivity index is 1.53. The van der Waals surface area contributed by atoms with Crippen LogP contribution in [0.4, 0.5) is 11.4 Å². The quantitative estimate of drug-likeness (QED) is 0.674. The SMILES string of the molecule is Nc1ccc2c(c1)CCCN2CCCOc1ccccc1. The van der Waals surface area contributed by atoms with Crippen molar-refractivity contribution in [2.24, 2.45) is 0 Å². The lowest BCUT2D eigenvalue weighted by molar-refractivity contribution is 0.311. The molecule has 3 nitrogen and oxygen atoms in total. The van der Waals surface area contributed by atoms with Crippen LogP contribution in [0, 0.1) is 0 Å². The topological polar surface area (TPSA) is 38.5 Å². The number of aryl methyl sites for hydroxylation is 1. The molecule has 2 aromatic rings. The average molecular weight is 282 g/mol. The maximum atomic E-state index is 5.87. The molecule has 0 saturated carbocycles. The summed E-state index contributed by atoms with van der Waals surface area (Å²) in [7, 11) is 0. The van der Waals surface area contributed by atoms with Crippen molar-refractivity contribution >= 4 is 11.4 Å². The monoisotopic (exact) mass is 282 g/mol. The summed E-state index contributed by atoms with van der Waals surface area (Å²) in [5.41, 5.74) is 9.46. The van der Waals surface area contributed by atoms with Gasteiger partial charge < -0.3 is 15.4 Å². The first-order valence-corrected chi connectivity index (χ1v) is 7.64. The van der Waals surface area contributed by atoms with E-state index in [1.807, 2.05) is 36.4 Å². The second-order valence-corrected chi connectivity index (χ2v) is 5.49. The third-order valence-electron chi connectivity index (χ3n) is 3.90. The van der Waals surface area contributed by atoms with Crippen LogP contribution < -0.4 is 15.4 Å². The highest BCUT2D eigenvalue weighted by atomic mass is 16.5. The van der Waals surface area contributed by atoms with Crippen molar-refractivity contribution in [1.29, 1.82) is 0 Å². The van der Waals surface area contributed by atoms with Crippen molar-refractivity contribution in [3.05, 3.63) is 54.1 Å². The molecule has 0 aliphatic carbocycles. The number of rotatable bonds is 5. The summed E-state index contributed by atoms with van der Waals surface area (Å²) in [6.45, 7) is 2.91. The summed E-state index contributed by atoms with van der Waals surface area (Å²) in [6, 6.07) is 16.3. The Morgan fingerprint density at radius 3 is 2.81 bits per heavy atom. The van der Waals surface area contributed by atoms with Gasteiger partial charge >= 0.3 is 0 Å². The summed E-state index contributed by atoms with van der Waals surface area (Å²) in [4.78, 5) is 2.45. The Morgan fingerprint density at radius 2 is 1.95 bits per heavy atom. The van der Waals surface area contributed by atoms with Crippen molar-refractivity contribution in [3.63, 3.8) is 0 Å². The number of hydrogen-bond donors (Lipinski definition) is 1. The minimum Gasteiger partial charge on any atom is -0.494 e. The minimum absolute atomic E-state index is 0.755. The van der Waals surface area contributed by atoms with Gasteiger partial charge in [-0.25, -0.2) is 0 Å². The van der Waals surface area contributed by atoms with Crippen molar-refractivity contribution in [3.8, 4) is 5.75 Å². The maximum Gasteiger partial charge on any atom is 0.119 e. The van der Waals surface area contributed by atoms with E-state index in [1.54, 1.807) is 0 Å². The van der Waals surface area contributed by atoms with E-state index < -0.39 is 0 Å². The predicted molar refractivity (Wildman–Crippen MR) is 87.9 cm³/mol. The molecule has 2 N–H and O–H groups in total. The summed E-state index contributed by atoms with van der Waals surface area (Å²) in [5, 5.41) is 0. The Kier molecular flexibility index (Phi) is 4.29. The van der Waals surface area contributed by atoms with E-state index in [9.17, 15) is 0 Å². The fourth-order valence-electron chi connectivity index (χ4n) is 2.89. The van der Waals surface area contributed by atoms with Crippen LogP contribution in [0.25, 0.3) is 0 Å². The number of fused-ring (bicyclic) bond motifs is 1. The number of para-hydroxylation sites is 1. The largest absolute Gasteiger partial charge is 0.494 e. The van der Waals surface area contributed by atoms with Gasteiger partial charge in [0.05, 0.1) is 6.61 Å². The van der Waals surface area contributed by atoms with Crippen LogP contribution in [-0.4, -0.2) is 19.7 Å². The number of anilines is 2. The second-order valence-electron chi connectivity index (χ2n) is 5.49. The summed E-state index contributed by atoms with van der Waals surface area (Å²) >= 11 is 0. The molecule has 2 aromatic carbocycles. The Bertz CT molecular complexity index is 583. The highest BCUT2D eigenvalue weighted by molar-refractivity contribution is 5.61. The average Bonchev–Trinajstić information content (AvgIpc) is 2.52. The van der Waals surface area contributed by atoms with Gasteiger partial charge in [-0.3, -0.25) is 0 Å². The van der Waals surface area contributed by atoms with Gasteiger partial charge in [-0.2, -0.15) is 0 Å². The normalized spacial score (nSPS) is 13.8. The molecule has 0 radical (unpaired) electrons. The fourth-order valence-corrected chi connectivity index (χ4v) is 2.89. The standard InChI is InChI=1S/C18H22N2O/c19-16-9-10-18-15(14-16)6-4-11-20(18)12-5-13-21-17-7-2-1-3-8-17/h1-3,7-10,14H,4-6,11-13,19H2. The Labute approximate surface area is 126 Å². The van der Waals surface area contributed by atoms with Crippen molar-refractivity contribution in [2.45, 2.75) is 19.3 Å². The van der Waals surface area contributed by atoms with Crippen molar-refractivity contribution < 1.29 is 4.74 Å². The van der Waals surface area contributed by atoms with E-state index >= 15 is 0 Å². The van der Waals surface area contributed by atoms with E-state index in [4.69, 9.17) is 10.5 Å². The zero-order valence-corrected chi connectivity index (χ0v) is 12.3. The lowest BCUT2D eigenvalue weighted by Gasteiger charge is -2.31. The van der Waals surface area contributed by atoms with Crippen LogP contribution in [0.2, 0.25) is 0 Å². The zero-order valence-electron chi connectivity index (χ0n) is 12.3. The predicted octanol–water partition coefficient (Wildman–Crippen LogP) is 3.49. The molecule has 0 unspecified atom stereocenters. The van der Waals surface area contributed by atoms with Crippen molar-refractivity contribution in [2.75, 3.05) is 30.3 Å². The molecular formula is C18H22N2O. The smallest absolute Gasteiger partial charge is 0.119 e. The summed E-state index contributed by atoms with van der Waals surface area (Å²) < 4.78 is 5.76. The van der Waals surface area contributed by atoms with E-state index in [1.165, 1.54) is 17.7 Å². The number of benzene rings is 2. The summed E-state index contributed by atoms with van der Waals surface area (Å²) in [5.74, 6) is 0.948. The molecule has 0 bridgehead atoms. The van der Waals surface area contributed by atoms with Crippen LogP contribution in [0.15, 0.2) is 48.5 Å². The van der Waals surface area contributed by atoms with Gasteiger partial charge in [0.15, 0.2) is 0 Å². The molecule has 0 fully saturated rings. The van der Waals surface area contributed by atoms with Crippen molar-refractivity contribution in [1.82, 2.24) is 0 Å². The van der Waals surface area contributed by atoms with Crippen LogP contribution in [0.5, 0.6) is 5.75 Å². The van der Waals surface area contributed by atoms with E-state index in [0.29, 0.717) is 0 Å².